The van der Waals surface area contributed by atoms with Gasteiger partial charge in [-0.05, 0) is 106 Å². The predicted molar refractivity (Wildman–Crippen MR) is 287 cm³/mol. The zero-order chi connectivity index (χ0) is 52.2. The normalized spacial score (nSPS) is 20.8. The standard InChI is InChI=1S/C58H60F3N5O4S2/c1-35(2)26-28-64-45-21-18-39(58(59,60)61)32-43(45)56(5,6)49(64)25-22-47-53(70)66(54(71)72-47)34-40(67)30-37-14-19-44-42(31-37)55(3,4)48(63(44)9)23-15-36(33-62)16-24-50-57(7,8)52-41-13-11-10-12-38(41)17-20-46(52)65(50)29-27-51(68)69/h10-25,31-32,35,48H,26-30,34H2,1-9H3,(H,68,69)/b23-15+,36-16-,47-22+,49-25-,50-24+. The second-order valence-electron chi connectivity index (χ2n) is 21.1. The van der Waals surface area contributed by atoms with Crippen LogP contribution >= 0.6 is 24.0 Å². The van der Waals surface area contributed by atoms with Crippen molar-refractivity contribution in [2.75, 3.05) is 41.4 Å². The van der Waals surface area contributed by atoms with E-state index in [-0.39, 0.29) is 42.1 Å². The summed E-state index contributed by atoms with van der Waals surface area (Å²) >= 11 is 6.73. The number of thiocarbonyl (C=S) groups is 1. The number of likely N-dealkylation sites (N-methyl/N-ethyl adjacent to an activating group) is 1. The zero-order valence-corrected chi connectivity index (χ0v) is 43.8. The number of benzene rings is 4. The maximum absolute atomic E-state index is 13.8. The fraction of sp³-hybridized carbons (Fsp3) is 0.362. The molecule has 1 amide bonds. The Morgan fingerprint density at radius 1 is 0.861 bits per heavy atom. The summed E-state index contributed by atoms with van der Waals surface area (Å²) in [7, 11) is 2.01. The van der Waals surface area contributed by atoms with Crippen molar-refractivity contribution < 1.29 is 32.7 Å². The lowest BCUT2D eigenvalue weighted by Gasteiger charge is -2.29. The minimum Gasteiger partial charge on any atom is -0.481 e. The van der Waals surface area contributed by atoms with Crippen LogP contribution in [0.2, 0.25) is 0 Å². The molecule has 4 aromatic rings. The smallest absolute Gasteiger partial charge is 0.416 e. The summed E-state index contributed by atoms with van der Waals surface area (Å²) in [6, 6.07) is 24.3. The van der Waals surface area contributed by atoms with Crippen LogP contribution < -0.4 is 14.7 Å². The summed E-state index contributed by atoms with van der Waals surface area (Å²) in [5, 5.41) is 22.2. The lowest BCUT2D eigenvalue weighted by atomic mass is 9.79. The van der Waals surface area contributed by atoms with Crippen LogP contribution in [-0.2, 0) is 43.2 Å². The first-order valence-electron chi connectivity index (χ1n) is 24.2. The number of amides is 1. The van der Waals surface area contributed by atoms with E-state index in [4.69, 9.17) is 12.2 Å². The molecule has 0 saturated carbocycles. The molecule has 4 heterocycles. The van der Waals surface area contributed by atoms with Gasteiger partial charge < -0.3 is 19.8 Å². The average Bonchev–Trinajstić information content (AvgIpc) is 3.87. The third kappa shape index (κ3) is 9.65. The molecule has 14 heteroatoms. The topological polar surface area (TPSA) is 108 Å². The maximum Gasteiger partial charge on any atom is 0.416 e. The molecule has 1 N–H and O–H groups in total. The summed E-state index contributed by atoms with van der Waals surface area (Å²) < 4.78 is 41.7. The van der Waals surface area contributed by atoms with Gasteiger partial charge in [-0.25, -0.2) is 0 Å². The van der Waals surface area contributed by atoms with Crippen molar-refractivity contribution in [3.05, 3.63) is 159 Å². The Morgan fingerprint density at radius 2 is 1.54 bits per heavy atom. The van der Waals surface area contributed by atoms with E-state index in [0.717, 1.165) is 74.5 Å². The third-order valence-corrected chi connectivity index (χ3v) is 16.2. The van der Waals surface area contributed by atoms with Gasteiger partial charge in [0.25, 0.3) is 5.91 Å². The van der Waals surface area contributed by atoms with Crippen molar-refractivity contribution in [2.45, 2.75) is 103 Å². The van der Waals surface area contributed by atoms with Crippen molar-refractivity contribution >= 4 is 73.8 Å². The summed E-state index contributed by atoms with van der Waals surface area (Å²) in [6.45, 7) is 17.2. The highest BCUT2D eigenvalue weighted by atomic mass is 32.2. The zero-order valence-electron chi connectivity index (χ0n) is 42.1. The molecule has 374 valence electrons. The molecule has 0 aromatic heterocycles. The number of alkyl halides is 3. The lowest BCUT2D eigenvalue weighted by Crippen LogP contribution is -2.37. The Hall–Kier alpha value is -6.43. The fourth-order valence-electron chi connectivity index (χ4n) is 10.9. The quantitative estimate of drug-likeness (QED) is 0.0568. The molecule has 0 spiro atoms. The van der Waals surface area contributed by atoms with Crippen molar-refractivity contribution in [3.63, 3.8) is 0 Å². The van der Waals surface area contributed by atoms with Crippen molar-refractivity contribution in [1.29, 1.82) is 5.26 Å². The SMILES string of the molecule is CC(C)CCN1/C(=C\C=C2\SC(=S)N(CC(=O)Cc3ccc4c(c3)C(C)(C)C(/C=C/C(C#N)=C/C=C3/N(CCC(=O)O)c5ccc6ccccc6c5C3(C)C)N4C)C2=O)C(C)(C)c2cc(C(F)(F)F)ccc21. The number of thioether (sulfide) groups is 1. The van der Waals surface area contributed by atoms with Gasteiger partial charge in [-0.3, -0.25) is 19.3 Å². The van der Waals surface area contributed by atoms with E-state index in [1.165, 1.54) is 17.0 Å². The van der Waals surface area contributed by atoms with Gasteiger partial charge in [0.1, 0.15) is 4.32 Å². The molecule has 1 fully saturated rings. The Bertz CT molecular complexity index is 3120. The van der Waals surface area contributed by atoms with E-state index in [1.807, 2.05) is 74.4 Å². The molecule has 1 atom stereocenters. The van der Waals surface area contributed by atoms with Crippen LogP contribution in [0.3, 0.4) is 0 Å². The first-order valence-corrected chi connectivity index (χ1v) is 25.4. The first-order chi connectivity index (χ1) is 33.9. The van der Waals surface area contributed by atoms with Crippen molar-refractivity contribution in [1.82, 2.24) is 4.90 Å². The Labute approximate surface area is 430 Å². The van der Waals surface area contributed by atoms with E-state index >= 15 is 0 Å². The minimum absolute atomic E-state index is 0.0464. The predicted octanol–water partition coefficient (Wildman–Crippen LogP) is 12.7. The van der Waals surface area contributed by atoms with E-state index in [9.17, 15) is 37.9 Å². The summed E-state index contributed by atoms with van der Waals surface area (Å²) in [5.41, 5.74) is 5.89. The number of allylic oxidation sites excluding steroid dienone is 8. The number of anilines is 3. The number of Topliss-reactive ketones (excluding diaryl/α,β-unsaturated/α-hetero) is 1. The number of carbonyl (C=O) groups is 3. The Morgan fingerprint density at radius 3 is 2.24 bits per heavy atom. The number of nitrogens with zero attached hydrogens (tertiary/aromatic N) is 5. The Kier molecular flexibility index (Phi) is 14.1. The van der Waals surface area contributed by atoms with Gasteiger partial charge in [0.15, 0.2) is 5.78 Å². The number of halogens is 3. The molecule has 4 aliphatic heterocycles. The summed E-state index contributed by atoms with van der Waals surface area (Å²) in [5.74, 6) is -1.13. The van der Waals surface area contributed by atoms with E-state index in [2.05, 4.69) is 81.7 Å². The van der Waals surface area contributed by atoms with Crippen LogP contribution in [0.25, 0.3) is 10.8 Å². The molecule has 1 saturated heterocycles. The van der Waals surface area contributed by atoms with Gasteiger partial charge in [0.05, 0.1) is 41.1 Å². The van der Waals surface area contributed by atoms with Gasteiger partial charge in [-0.15, -0.1) is 0 Å². The number of hydrogen-bond acceptors (Lipinski definition) is 9. The highest BCUT2D eigenvalue weighted by Gasteiger charge is 2.45. The highest BCUT2D eigenvalue weighted by molar-refractivity contribution is 8.26. The molecule has 0 radical (unpaired) electrons. The number of aliphatic carboxylic acids is 1. The number of nitriles is 1. The molecule has 4 aromatic carbocycles. The van der Waals surface area contributed by atoms with Crippen molar-refractivity contribution in [3.8, 4) is 6.07 Å². The van der Waals surface area contributed by atoms with Crippen LogP contribution in [0.4, 0.5) is 30.2 Å². The number of carboxylic acid groups (broad SMARTS) is 1. The fourth-order valence-corrected chi connectivity index (χ4v) is 12.1. The number of hydrogen-bond donors (Lipinski definition) is 1. The second-order valence-corrected chi connectivity index (χ2v) is 22.8. The molecule has 0 aliphatic carbocycles. The maximum atomic E-state index is 13.8. The number of carboxylic acids is 1. The molecule has 72 heavy (non-hydrogen) atoms. The van der Waals surface area contributed by atoms with Gasteiger partial charge in [-0.1, -0.05) is 128 Å². The molecule has 9 nitrogen and oxygen atoms in total. The van der Waals surface area contributed by atoms with Gasteiger partial charge in [-0.2, -0.15) is 18.4 Å². The van der Waals surface area contributed by atoms with Crippen LogP contribution in [0.1, 0.15) is 96.0 Å². The monoisotopic (exact) mass is 1010 g/mol. The molecule has 8 rings (SSSR count). The number of ketones is 1. The van der Waals surface area contributed by atoms with Gasteiger partial charge in [0, 0.05) is 71.3 Å². The summed E-state index contributed by atoms with van der Waals surface area (Å²) in [6.07, 6.45) is 7.43. The molecule has 4 aliphatic rings. The number of fused-ring (bicyclic) bond motifs is 5. The van der Waals surface area contributed by atoms with Gasteiger partial charge >= 0.3 is 12.1 Å². The third-order valence-electron chi connectivity index (χ3n) is 14.8. The van der Waals surface area contributed by atoms with Crippen LogP contribution in [0.5, 0.6) is 0 Å². The Balaban J connectivity index is 0.967. The first kappa shape index (κ1) is 51.9. The molecule has 1 unspecified atom stereocenters. The van der Waals surface area contributed by atoms with Crippen LogP contribution in [-0.4, -0.2) is 64.7 Å². The van der Waals surface area contributed by atoms with Crippen LogP contribution in [0, 0.1) is 17.2 Å². The van der Waals surface area contributed by atoms with Crippen LogP contribution in [0.15, 0.2) is 131 Å². The van der Waals surface area contributed by atoms with E-state index in [1.54, 1.807) is 18.2 Å². The minimum atomic E-state index is -4.49. The van der Waals surface area contributed by atoms with E-state index < -0.39 is 39.9 Å². The molecular formula is C58H60F3N5O4S2. The highest BCUT2D eigenvalue weighted by Crippen LogP contribution is 2.52. The van der Waals surface area contributed by atoms with Gasteiger partial charge in [0.2, 0.25) is 0 Å². The number of rotatable bonds is 14. The number of carbonyl (C=O) groups excluding carboxylic acids is 2. The lowest BCUT2D eigenvalue weighted by molar-refractivity contribution is -0.138. The molecular weight excluding hydrogens is 952 g/mol. The second kappa shape index (κ2) is 19.5. The van der Waals surface area contributed by atoms with E-state index in [0.29, 0.717) is 34.2 Å². The average molecular weight is 1010 g/mol. The summed E-state index contributed by atoms with van der Waals surface area (Å²) in [4.78, 5) is 47.3. The largest absolute Gasteiger partial charge is 0.481 e. The van der Waals surface area contributed by atoms with Crippen molar-refractivity contribution in [2.24, 2.45) is 5.92 Å². The molecule has 0 bridgehead atoms.